The molecule has 0 saturated carbocycles. The van der Waals surface area contributed by atoms with Gasteiger partial charge in [0.2, 0.25) is 0 Å². The van der Waals surface area contributed by atoms with Gasteiger partial charge in [0, 0.05) is 38.4 Å². The third-order valence-corrected chi connectivity index (χ3v) is 4.21. The van der Waals surface area contributed by atoms with E-state index in [4.69, 9.17) is 11.0 Å². The Bertz CT molecular complexity index is 484. The zero-order chi connectivity index (χ0) is 14.5. The van der Waals surface area contributed by atoms with Crippen molar-refractivity contribution in [2.45, 2.75) is 26.3 Å². The van der Waals surface area contributed by atoms with Crippen LogP contribution in [0.15, 0.2) is 18.2 Å². The van der Waals surface area contributed by atoms with Gasteiger partial charge < -0.3 is 10.6 Å². The molecule has 108 valence electrons. The van der Waals surface area contributed by atoms with E-state index >= 15 is 0 Å². The maximum atomic E-state index is 8.71. The van der Waals surface area contributed by atoms with E-state index in [0.717, 1.165) is 39.1 Å². The summed E-state index contributed by atoms with van der Waals surface area (Å²) >= 11 is 0. The summed E-state index contributed by atoms with van der Waals surface area (Å²) in [5.41, 5.74) is 9.74. The van der Waals surface area contributed by atoms with E-state index in [1.807, 2.05) is 0 Å². The van der Waals surface area contributed by atoms with Gasteiger partial charge in [0.1, 0.15) is 0 Å². The molecule has 0 radical (unpaired) electrons. The Balaban J connectivity index is 1.88. The van der Waals surface area contributed by atoms with Crippen molar-refractivity contribution in [1.82, 2.24) is 4.90 Å². The van der Waals surface area contributed by atoms with Crippen LogP contribution in [0.1, 0.15) is 17.5 Å². The van der Waals surface area contributed by atoms with Gasteiger partial charge in [-0.2, -0.15) is 5.26 Å². The molecule has 1 aromatic rings. The van der Waals surface area contributed by atoms with Gasteiger partial charge >= 0.3 is 0 Å². The Labute approximate surface area is 121 Å². The summed E-state index contributed by atoms with van der Waals surface area (Å²) in [6, 6.07) is 8.28. The standard InChI is InChI=1S/C16H24N4/c1-13-4-3-5-16(14(13)2)20-10-8-19(9-11-20)7-6-15(18)12-17/h3-5,15H,6-11,18H2,1-2H3. The number of nitrogens with zero attached hydrogens (tertiary/aromatic N) is 3. The average molecular weight is 272 g/mol. The van der Waals surface area contributed by atoms with Crippen molar-refractivity contribution in [2.75, 3.05) is 37.6 Å². The van der Waals surface area contributed by atoms with Crippen molar-refractivity contribution in [1.29, 1.82) is 5.26 Å². The Morgan fingerprint density at radius 3 is 2.60 bits per heavy atom. The molecule has 2 rings (SSSR count). The Morgan fingerprint density at radius 2 is 1.95 bits per heavy atom. The fourth-order valence-electron chi connectivity index (χ4n) is 2.68. The molecule has 1 fully saturated rings. The fourth-order valence-corrected chi connectivity index (χ4v) is 2.68. The number of piperazine rings is 1. The Kier molecular flexibility index (Phi) is 4.99. The van der Waals surface area contributed by atoms with Gasteiger partial charge in [0.25, 0.3) is 0 Å². The van der Waals surface area contributed by atoms with Crippen LogP contribution in [0.3, 0.4) is 0 Å². The van der Waals surface area contributed by atoms with Crippen molar-refractivity contribution in [3.63, 3.8) is 0 Å². The van der Waals surface area contributed by atoms with Crippen LogP contribution in [0.2, 0.25) is 0 Å². The highest BCUT2D eigenvalue weighted by Crippen LogP contribution is 2.23. The second kappa shape index (κ2) is 6.74. The minimum atomic E-state index is -0.327. The van der Waals surface area contributed by atoms with E-state index in [9.17, 15) is 0 Å². The van der Waals surface area contributed by atoms with Crippen LogP contribution >= 0.6 is 0 Å². The summed E-state index contributed by atoms with van der Waals surface area (Å²) in [5.74, 6) is 0. The number of aryl methyl sites for hydroxylation is 1. The molecule has 0 aliphatic carbocycles. The first-order chi connectivity index (χ1) is 9.61. The lowest BCUT2D eigenvalue weighted by molar-refractivity contribution is 0.252. The molecule has 1 atom stereocenters. The van der Waals surface area contributed by atoms with E-state index < -0.39 is 0 Å². The number of nitriles is 1. The number of hydrogen-bond acceptors (Lipinski definition) is 4. The second-order valence-corrected chi connectivity index (χ2v) is 5.57. The number of nitrogens with two attached hydrogens (primary N) is 1. The van der Waals surface area contributed by atoms with Crippen molar-refractivity contribution >= 4 is 5.69 Å². The summed E-state index contributed by atoms with van der Waals surface area (Å²) in [5, 5.41) is 8.71. The van der Waals surface area contributed by atoms with Gasteiger partial charge in [-0.25, -0.2) is 0 Å². The van der Waals surface area contributed by atoms with Gasteiger partial charge in [0.05, 0.1) is 12.1 Å². The number of rotatable bonds is 4. The minimum Gasteiger partial charge on any atom is -0.369 e. The molecule has 2 N–H and O–H groups in total. The van der Waals surface area contributed by atoms with Crippen molar-refractivity contribution in [3.05, 3.63) is 29.3 Å². The largest absolute Gasteiger partial charge is 0.369 e. The van der Waals surface area contributed by atoms with Crippen LogP contribution in [0.25, 0.3) is 0 Å². The van der Waals surface area contributed by atoms with Crippen LogP contribution in [0, 0.1) is 25.2 Å². The predicted octanol–water partition coefficient (Wildman–Crippen LogP) is 1.67. The molecule has 1 aliphatic rings. The molecule has 0 spiro atoms. The molecular weight excluding hydrogens is 248 g/mol. The highest BCUT2D eigenvalue weighted by atomic mass is 15.3. The zero-order valence-corrected chi connectivity index (χ0v) is 12.5. The van der Waals surface area contributed by atoms with Gasteiger partial charge in [-0.15, -0.1) is 0 Å². The first-order valence-corrected chi connectivity index (χ1v) is 7.30. The highest BCUT2D eigenvalue weighted by Gasteiger charge is 2.18. The van der Waals surface area contributed by atoms with Crippen LogP contribution in [-0.4, -0.2) is 43.7 Å². The van der Waals surface area contributed by atoms with E-state index in [1.165, 1.54) is 16.8 Å². The van der Waals surface area contributed by atoms with E-state index in [1.54, 1.807) is 0 Å². The van der Waals surface area contributed by atoms with E-state index in [2.05, 4.69) is 47.9 Å². The van der Waals surface area contributed by atoms with Crippen molar-refractivity contribution in [3.8, 4) is 6.07 Å². The molecular formula is C16H24N4. The Hall–Kier alpha value is -1.57. The van der Waals surface area contributed by atoms with Crippen molar-refractivity contribution in [2.24, 2.45) is 5.73 Å². The zero-order valence-electron chi connectivity index (χ0n) is 12.5. The first-order valence-electron chi connectivity index (χ1n) is 7.30. The molecule has 0 aromatic heterocycles. The first kappa shape index (κ1) is 14.8. The molecule has 0 amide bonds. The SMILES string of the molecule is Cc1cccc(N2CCN(CCC(N)C#N)CC2)c1C. The van der Waals surface area contributed by atoms with Crippen LogP contribution < -0.4 is 10.6 Å². The molecule has 1 aliphatic heterocycles. The van der Waals surface area contributed by atoms with Gasteiger partial charge in [-0.05, 0) is 37.5 Å². The van der Waals surface area contributed by atoms with Crippen LogP contribution in [-0.2, 0) is 0 Å². The topological polar surface area (TPSA) is 56.3 Å². The molecule has 1 saturated heterocycles. The smallest absolute Gasteiger partial charge is 0.0940 e. The molecule has 20 heavy (non-hydrogen) atoms. The molecule has 0 bridgehead atoms. The predicted molar refractivity (Wildman–Crippen MR) is 82.8 cm³/mol. The third kappa shape index (κ3) is 3.50. The van der Waals surface area contributed by atoms with Gasteiger partial charge in [0.15, 0.2) is 0 Å². The van der Waals surface area contributed by atoms with Crippen molar-refractivity contribution < 1.29 is 0 Å². The lowest BCUT2D eigenvalue weighted by Crippen LogP contribution is -2.47. The maximum absolute atomic E-state index is 8.71. The molecule has 4 nitrogen and oxygen atoms in total. The lowest BCUT2D eigenvalue weighted by Gasteiger charge is -2.37. The normalized spacial score (nSPS) is 17.8. The van der Waals surface area contributed by atoms with E-state index in [0.29, 0.717) is 0 Å². The molecule has 1 aromatic carbocycles. The fraction of sp³-hybridized carbons (Fsp3) is 0.562. The van der Waals surface area contributed by atoms with E-state index in [-0.39, 0.29) is 6.04 Å². The average Bonchev–Trinajstić information content (AvgIpc) is 2.48. The lowest BCUT2D eigenvalue weighted by atomic mass is 10.1. The summed E-state index contributed by atoms with van der Waals surface area (Å²) in [6.45, 7) is 9.48. The maximum Gasteiger partial charge on any atom is 0.0940 e. The van der Waals surface area contributed by atoms with Crippen LogP contribution in [0.4, 0.5) is 5.69 Å². The number of anilines is 1. The highest BCUT2D eigenvalue weighted by molar-refractivity contribution is 5.56. The molecule has 1 heterocycles. The summed E-state index contributed by atoms with van der Waals surface area (Å²) in [6.07, 6.45) is 0.764. The summed E-state index contributed by atoms with van der Waals surface area (Å²) in [7, 11) is 0. The number of hydrogen-bond donors (Lipinski definition) is 1. The summed E-state index contributed by atoms with van der Waals surface area (Å²) in [4.78, 5) is 4.86. The molecule has 4 heteroatoms. The minimum absolute atomic E-state index is 0.327. The van der Waals surface area contributed by atoms with Crippen LogP contribution in [0.5, 0.6) is 0 Å². The monoisotopic (exact) mass is 272 g/mol. The second-order valence-electron chi connectivity index (χ2n) is 5.57. The van der Waals surface area contributed by atoms with Gasteiger partial charge in [-0.1, -0.05) is 12.1 Å². The third-order valence-electron chi connectivity index (χ3n) is 4.21. The number of benzene rings is 1. The molecule has 1 unspecified atom stereocenters. The Morgan fingerprint density at radius 1 is 1.25 bits per heavy atom. The summed E-state index contributed by atoms with van der Waals surface area (Å²) < 4.78 is 0. The van der Waals surface area contributed by atoms with Gasteiger partial charge in [-0.3, -0.25) is 4.90 Å². The quantitative estimate of drug-likeness (QED) is 0.906.